The van der Waals surface area contributed by atoms with E-state index in [0.29, 0.717) is 22.1 Å². The molecule has 0 atom stereocenters. The van der Waals surface area contributed by atoms with E-state index in [-0.39, 0.29) is 16.6 Å². The predicted octanol–water partition coefficient (Wildman–Crippen LogP) is 5.54. The lowest BCUT2D eigenvalue weighted by molar-refractivity contribution is -0.384. The lowest BCUT2D eigenvalue weighted by atomic mass is 9.99. The zero-order chi connectivity index (χ0) is 22.8. The normalized spacial score (nSPS) is 12.1. The van der Waals surface area contributed by atoms with Crippen LogP contribution in [0, 0.1) is 10.1 Å². The maximum Gasteiger partial charge on any atom is 0.416 e. The van der Waals surface area contributed by atoms with Crippen LogP contribution in [-0.2, 0) is 13.2 Å². The Labute approximate surface area is 177 Å². The van der Waals surface area contributed by atoms with Crippen molar-refractivity contribution in [3.63, 3.8) is 0 Å². The number of fused-ring (bicyclic) bond motifs is 4. The van der Waals surface area contributed by atoms with E-state index in [1.807, 2.05) is 18.2 Å². The summed E-state index contributed by atoms with van der Waals surface area (Å²) in [7, 11) is 1.67. The van der Waals surface area contributed by atoms with Crippen molar-refractivity contribution in [1.29, 1.82) is 0 Å². The zero-order valence-electron chi connectivity index (χ0n) is 16.6. The summed E-state index contributed by atoms with van der Waals surface area (Å²) >= 11 is 0. The van der Waals surface area contributed by atoms with E-state index in [1.54, 1.807) is 23.7 Å². The molecule has 2 aromatic heterocycles. The fraction of sp³-hybridized carbons (Fsp3) is 0.0870. The molecule has 0 aliphatic carbocycles. The quantitative estimate of drug-likeness (QED) is 0.269. The van der Waals surface area contributed by atoms with Crippen molar-refractivity contribution >= 4 is 33.1 Å². The maximum atomic E-state index is 13.5. The molecule has 0 bridgehead atoms. The van der Waals surface area contributed by atoms with E-state index >= 15 is 0 Å². The summed E-state index contributed by atoms with van der Waals surface area (Å²) in [5.74, 6) is 0. The van der Waals surface area contributed by atoms with Crippen LogP contribution in [0.25, 0.3) is 38.6 Å². The smallest absolute Gasteiger partial charge is 0.328 e. The second kappa shape index (κ2) is 6.68. The molecule has 9 heteroatoms. The molecule has 0 N–H and O–H groups in total. The van der Waals surface area contributed by atoms with Crippen LogP contribution < -0.4 is 5.56 Å². The van der Waals surface area contributed by atoms with Crippen LogP contribution >= 0.6 is 0 Å². The van der Waals surface area contributed by atoms with Crippen LogP contribution in [0.4, 0.5) is 18.9 Å². The lowest BCUT2D eigenvalue weighted by Gasteiger charge is -2.11. The summed E-state index contributed by atoms with van der Waals surface area (Å²) in [6, 6.07) is 16.3. The monoisotopic (exact) mass is 437 g/mol. The number of nitrogens with zero attached hydrogens (tertiary/aromatic N) is 3. The van der Waals surface area contributed by atoms with Gasteiger partial charge in [0.1, 0.15) is 5.65 Å². The first-order valence-electron chi connectivity index (χ1n) is 9.56. The number of benzene rings is 3. The Morgan fingerprint density at radius 1 is 0.906 bits per heavy atom. The average molecular weight is 437 g/mol. The highest BCUT2D eigenvalue weighted by molar-refractivity contribution is 6.05. The van der Waals surface area contributed by atoms with Crippen LogP contribution in [0.1, 0.15) is 5.56 Å². The molecule has 0 saturated carbocycles. The maximum absolute atomic E-state index is 13.5. The predicted molar refractivity (Wildman–Crippen MR) is 115 cm³/mol. The minimum absolute atomic E-state index is 0.0560. The van der Waals surface area contributed by atoms with E-state index in [0.717, 1.165) is 17.7 Å². The molecule has 6 nitrogen and oxygen atoms in total. The van der Waals surface area contributed by atoms with Gasteiger partial charge in [-0.1, -0.05) is 30.3 Å². The fourth-order valence-electron chi connectivity index (χ4n) is 4.20. The van der Waals surface area contributed by atoms with Gasteiger partial charge >= 0.3 is 6.18 Å². The van der Waals surface area contributed by atoms with Gasteiger partial charge in [0.2, 0.25) is 0 Å². The number of hydrogen-bond donors (Lipinski definition) is 0. The van der Waals surface area contributed by atoms with Crippen molar-refractivity contribution in [2.75, 3.05) is 0 Å². The lowest BCUT2D eigenvalue weighted by Crippen LogP contribution is -2.15. The molecule has 160 valence electrons. The molecule has 5 rings (SSSR count). The van der Waals surface area contributed by atoms with Crippen LogP contribution in [0.3, 0.4) is 0 Å². The summed E-state index contributed by atoms with van der Waals surface area (Å²) in [4.78, 5) is 24.2. The van der Waals surface area contributed by atoms with Crippen LogP contribution in [0.15, 0.2) is 71.5 Å². The number of imidazole rings is 1. The largest absolute Gasteiger partial charge is 0.416 e. The molecule has 0 aliphatic heterocycles. The molecule has 3 aromatic carbocycles. The van der Waals surface area contributed by atoms with E-state index < -0.39 is 22.2 Å². The zero-order valence-corrected chi connectivity index (χ0v) is 16.6. The third kappa shape index (κ3) is 2.78. The van der Waals surface area contributed by atoms with Crippen molar-refractivity contribution in [3.8, 4) is 11.1 Å². The Hall–Kier alpha value is -4.14. The standard InChI is InChI=1S/C23H14F3N3O3/c1-27-18-10-7-14(23(24,25)26)11-19(18)28-21(27)20(13-5-3-2-4-6-13)16-9-8-15(29(31)32)12-17(16)22(28)30/h2-12H,1H3. The van der Waals surface area contributed by atoms with Gasteiger partial charge in [-0.15, -0.1) is 0 Å². The average Bonchev–Trinajstić information content (AvgIpc) is 3.06. The van der Waals surface area contributed by atoms with Crippen molar-refractivity contribution in [2.24, 2.45) is 7.05 Å². The second-order valence-corrected chi connectivity index (χ2v) is 7.45. The van der Waals surface area contributed by atoms with E-state index in [9.17, 15) is 28.1 Å². The molecule has 5 aromatic rings. The SMILES string of the molecule is Cn1c2ccc(C(F)(F)F)cc2n2c(=O)c3cc([N+](=O)[O-])ccc3c(-c3ccccc3)c12. The molecule has 0 aliphatic rings. The number of pyridine rings is 1. The van der Waals surface area contributed by atoms with Gasteiger partial charge in [0.05, 0.1) is 26.9 Å². The van der Waals surface area contributed by atoms with Gasteiger partial charge in [-0.05, 0) is 35.2 Å². The number of rotatable bonds is 2. The van der Waals surface area contributed by atoms with Gasteiger partial charge in [-0.25, -0.2) is 0 Å². The Balaban J connectivity index is 2.07. The minimum atomic E-state index is -4.59. The molecule has 0 saturated heterocycles. The molecule has 0 fully saturated rings. The number of hydrogen-bond acceptors (Lipinski definition) is 3. The number of nitro benzene ring substituents is 1. The summed E-state index contributed by atoms with van der Waals surface area (Å²) in [6.45, 7) is 0. The first-order valence-corrected chi connectivity index (χ1v) is 9.56. The number of aryl methyl sites for hydroxylation is 1. The van der Waals surface area contributed by atoms with Gasteiger partial charge in [0.15, 0.2) is 0 Å². The van der Waals surface area contributed by atoms with E-state index in [1.165, 1.54) is 28.7 Å². The third-order valence-corrected chi connectivity index (χ3v) is 5.64. The highest BCUT2D eigenvalue weighted by Crippen LogP contribution is 2.37. The number of non-ortho nitro benzene ring substituents is 1. The molecule has 0 spiro atoms. The molecule has 0 unspecified atom stereocenters. The number of alkyl halides is 3. The van der Waals surface area contributed by atoms with E-state index in [2.05, 4.69) is 0 Å². The van der Waals surface area contributed by atoms with Crippen molar-refractivity contribution < 1.29 is 18.1 Å². The highest BCUT2D eigenvalue weighted by atomic mass is 19.4. The molecule has 32 heavy (non-hydrogen) atoms. The third-order valence-electron chi connectivity index (χ3n) is 5.64. The van der Waals surface area contributed by atoms with Crippen LogP contribution in [-0.4, -0.2) is 13.9 Å². The fourth-order valence-corrected chi connectivity index (χ4v) is 4.20. The first kappa shape index (κ1) is 19.8. The molecular weight excluding hydrogens is 423 g/mol. The summed E-state index contributed by atoms with van der Waals surface area (Å²) in [6.07, 6.45) is -4.59. The van der Waals surface area contributed by atoms with E-state index in [4.69, 9.17) is 0 Å². The van der Waals surface area contributed by atoms with Gasteiger partial charge in [-0.2, -0.15) is 13.2 Å². The van der Waals surface area contributed by atoms with Gasteiger partial charge in [-0.3, -0.25) is 19.3 Å². The molecule has 0 amide bonds. The van der Waals surface area contributed by atoms with Crippen molar-refractivity contribution in [2.45, 2.75) is 6.18 Å². The Morgan fingerprint density at radius 2 is 1.62 bits per heavy atom. The van der Waals surface area contributed by atoms with Gasteiger partial charge in [0, 0.05) is 24.7 Å². The number of nitro groups is 1. The van der Waals surface area contributed by atoms with Crippen molar-refractivity contribution in [3.05, 3.63) is 92.8 Å². The molecule has 2 heterocycles. The number of aromatic nitrogens is 2. The topological polar surface area (TPSA) is 69.5 Å². The second-order valence-electron chi connectivity index (χ2n) is 7.45. The minimum Gasteiger partial charge on any atom is -0.328 e. The molecular formula is C23H14F3N3O3. The molecule has 0 radical (unpaired) electrons. The Morgan fingerprint density at radius 3 is 2.28 bits per heavy atom. The summed E-state index contributed by atoms with van der Waals surface area (Å²) < 4.78 is 43.1. The van der Waals surface area contributed by atoms with Gasteiger partial charge in [0.25, 0.3) is 11.2 Å². The number of halogens is 3. The Bertz CT molecular complexity index is 1620. The van der Waals surface area contributed by atoms with Crippen LogP contribution in [0.5, 0.6) is 0 Å². The first-order chi connectivity index (χ1) is 15.2. The van der Waals surface area contributed by atoms with Crippen LogP contribution in [0.2, 0.25) is 0 Å². The summed E-state index contributed by atoms with van der Waals surface area (Å²) in [5, 5.41) is 11.8. The van der Waals surface area contributed by atoms with Gasteiger partial charge < -0.3 is 4.57 Å². The Kier molecular flexibility index (Phi) is 4.13. The highest BCUT2D eigenvalue weighted by Gasteiger charge is 2.31. The summed E-state index contributed by atoms with van der Waals surface area (Å²) in [5.41, 5.74) is 0.452. The van der Waals surface area contributed by atoms with Crippen molar-refractivity contribution in [1.82, 2.24) is 8.97 Å².